The molecule has 0 atom stereocenters. The minimum absolute atomic E-state index is 0.172. The van der Waals surface area contributed by atoms with Gasteiger partial charge in [-0.3, -0.25) is 4.79 Å². The number of Topliss-reactive ketones (excluding diaryl/α,β-unsaturated/α-hetero) is 1. The zero-order chi connectivity index (χ0) is 24.9. The van der Waals surface area contributed by atoms with E-state index in [1.807, 2.05) is 48.7 Å². The van der Waals surface area contributed by atoms with Gasteiger partial charge in [-0.1, -0.05) is 112 Å². The van der Waals surface area contributed by atoms with E-state index in [1.54, 1.807) is 0 Å². The van der Waals surface area contributed by atoms with Crippen LogP contribution in [0.25, 0.3) is 10.9 Å². The molecule has 0 aliphatic heterocycles. The van der Waals surface area contributed by atoms with Crippen LogP contribution in [0.15, 0.2) is 65.9 Å². The van der Waals surface area contributed by atoms with Crippen molar-refractivity contribution in [2.45, 2.75) is 84.6 Å². The van der Waals surface area contributed by atoms with Crippen LogP contribution in [-0.2, 0) is 16.2 Å². The molecule has 0 N–H and O–H groups in total. The number of hydrogen-bond acceptors (Lipinski definition) is 4. The summed E-state index contributed by atoms with van der Waals surface area (Å²) in [5.74, 6) is -0.692. The number of para-hydroxylation sites is 1. The van der Waals surface area contributed by atoms with Gasteiger partial charge in [-0.05, 0) is 24.5 Å². The molecule has 0 aliphatic carbocycles. The molecule has 0 unspecified atom stereocenters. The van der Waals surface area contributed by atoms with Crippen molar-refractivity contribution in [2.75, 3.05) is 0 Å². The zero-order valence-corrected chi connectivity index (χ0v) is 21.2. The maximum atomic E-state index is 13.6. The van der Waals surface area contributed by atoms with Crippen molar-refractivity contribution in [3.63, 3.8) is 0 Å². The van der Waals surface area contributed by atoms with Crippen LogP contribution in [-0.4, -0.2) is 22.0 Å². The molecule has 0 fully saturated rings. The Hall–Kier alpha value is -3.21. The molecule has 0 radical (unpaired) electrons. The molecule has 0 spiro atoms. The molecule has 5 heteroatoms. The van der Waals surface area contributed by atoms with Crippen LogP contribution in [0, 0.1) is 0 Å². The van der Waals surface area contributed by atoms with E-state index < -0.39 is 5.97 Å². The Morgan fingerprint density at radius 1 is 0.829 bits per heavy atom. The normalized spacial score (nSPS) is 11.7. The fourth-order valence-corrected chi connectivity index (χ4v) is 4.42. The van der Waals surface area contributed by atoms with Gasteiger partial charge in [0.25, 0.3) is 0 Å². The summed E-state index contributed by atoms with van der Waals surface area (Å²) in [4.78, 5) is 29.9. The lowest BCUT2D eigenvalue weighted by atomic mass is 10.0. The molecule has 0 bridgehead atoms. The lowest BCUT2D eigenvalue weighted by Crippen LogP contribution is -2.16. The van der Waals surface area contributed by atoms with Crippen molar-refractivity contribution in [1.29, 1.82) is 0 Å². The molecule has 2 aromatic carbocycles. The molecule has 0 aliphatic rings. The van der Waals surface area contributed by atoms with Crippen LogP contribution in [0.1, 0.15) is 94.0 Å². The van der Waals surface area contributed by atoms with Gasteiger partial charge in [0.2, 0.25) is 5.78 Å². The van der Waals surface area contributed by atoms with Crippen molar-refractivity contribution >= 4 is 28.4 Å². The third kappa shape index (κ3) is 8.20. The van der Waals surface area contributed by atoms with Crippen molar-refractivity contribution < 1.29 is 14.4 Å². The second-order valence-electron chi connectivity index (χ2n) is 9.20. The molecule has 186 valence electrons. The van der Waals surface area contributed by atoms with E-state index in [0.717, 1.165) is 35.7 Å². The molecule has 0 saturated heterocycles. The molecular weight excluding hydrogens is 436 g/mol. The van der Waals surface area contributed by atoms with Gasteiger partial charge in [0.1, 0.15) is 5.71 Å². The highest BCUT2D eigenvalue weighted by molar-refractivity contribution is 6.47. The average molecular weight is 475 g/mol. The van der Waals surface area contributed by atoms with Crippen molar-refractivity contribution in [1.82, 2.24) is 4.57 Å². The first-order chi connectivity index (χ1) is 17.1. The number of unbranched alkanes of at least 4 members (excludes halogenated alkanes) is 8. The van der Waals surface area contributed by atoms with Crippen LogP contribution in [0.3, 0.4) is 0 Å². The van der Waals surface area contributed by atoms with Gasteiger partial charge in [0, 0.05) is 36.1 Å². The minimum atomic E-state index is -0.520. The van der Waals surface area contributed by atoms with Crippen molar-refractivity contribution in [2.24, 2.45) is 5.16 Å². The van der Waals surface area contributed by atoms with E-state index >= 15 is 0 Å². The van der Waals surface area contributed by atoms with E-state index in [2.05, 4.69) is 28.8 Å². The summed E-state index contributed by atoms with van der Waals surface area (Å²) in [5, 5.41) is 4.86. The number of fused-ring (bicyclic) bond motifs is 1. The standard InChI is InChI=1S/C30H38N2O3/c1-3-4-5-6-7-8-9-10-14-20-28(31-35-24(2)33)30(34)27-23-32(22-25-17-12-11-13-18-25)29-21-16-15-19-26(27)29/h11-13,15-19,21,23H,3-10,14,20,22H2,1-2H3/b31-28+. The number of nitrogens with zero attached hydrogens (tertiary/aromatic N) is 2. The first kappa shape index (κ1) is 26.4. The van der Waals surface area contributed by atoms with E-state index in [4.69, 9.17) is 4.84 Å². The summed E-state index contributed by atoms with van der Waals surface area (Å²) in [7, 11) is 0. The Bertz CT molecular complexity index is 1120. The second-order valence-corrected chi connectivity index (χ2v) is 9.20. The van der Waals surface area contributed by atoms with Crippen LogP contribution in [0.2, 0.25) is 0 Å². The summed E-state index contributed by atoms with van der Waals surface area (Å²) in [6, 6.07) is 18.1. The maximum Gasteiger partial charge on any atom is 0.331 e. The SMILES string of the molecule is CCCCCCCCCCC/C(=N\OC(C)=O)C(=O)c1cn(Cc2ccccc2)c2ccccc12. The Morgan fingerprint density at radius 3 is 2.14 bits per heavy atom. The number of aromatic nitrogens is 1. The third-order valence-electron chi connectivity index (χ3n) is 6.29. The van der Waals surface area contributed by atoms with Gasteiger partial charge in [-0.25, -0.2) is 4.79 Å². The number of ketones is 1. The van der Waals surface area contributed by atoms with Gasteiger partial charge in [-0.2, -0.15) is 0 Å². The Kier molecular flexibility index (Phi) is 10.7. The number of rotatable bonds is 15. The summed E-state index contributed by atoms with van der Waals surface area (Å²) in [6.45, 7) is 4.20. The van der Waals surface area contributed by atoms with Crippen LogP contribution in [0.5, 0.6) is 0 Å². The molecule has 1 heterocycles. The van der Waals surface area contributed by atoms with E-state index in [0.29, 0.717) is 24.2 Å². The summed E-state index contributed by atoms with van der Waals surface area (Å²) in [5.41, 5.74) is 3.06. The quantitative estimate of drug-likeness (QED) is 0.0745. The van der Waals surface area contributed by atoms with E-state index in [-0.39, 0.29) is 5.78 Å². The molecule has 0 amide bonds. The number of oxime groups is 1. The topological polar surface area (TPSA) is 60.7 Å². The van der Waals surface area contributed by atoms with Crippen LogP contribution < -0.4 is 0 Å². The fourth-order valence-electron chi connectivity index (χ4n) is 4.42. The molecule has 3 rings (SSSR count). The predicted octanol–water partition coefficient (Wildman–Crippen LogP) is 7.71. The highest BCUT2D eigenvalue weighted by Gasteiger charge is 2.21. The van der Waals surface area contributed by atoms with E-state index in [1.165, 1.54) is 45.4 Å². The van der Waals surface area contributed by atoms with Crippen LogP contribution >= 0.6 is 0 Å². The summed E-state index contributed by atoms with van der Waals surface area (Å²) < 4.78 is 2.10. The second kappa shape index (κ2) is 14.2. The van der Waals surface area contributed by atoms with Gasteiger partial charge in [0.05, 0.1) is 0 Å². The summed E-state index contributed by atoms with van der Waals surface area (Å²) >= 11 is 0. The Labute approximate surface area is 209 Å². The lowest BCUT2D eigenvalue weighted by Gasteiger charge is -2.06. The van der Waals surface area contributed by atoms with Gasteiger partial charge < -0.3 is 9.40 Å². The fraction of sp³-hybridized carbons (Fsp3) is 0.433. The van der Waals surface area contributed by atoms with Crippen LogP contribution in [0.4, 0.5) is 0 Å². The van der Waals surface area contributed by atoms with Gasteiger partial charge >= 0.3 is 5.97 Å². The predicted molar refractivity (Wildman–Crippen MR) is 143 cm³/mol. The number of benzene rings is 2. The zero-order valence-electron chi connectivity index (χ0n) is 21.2. The molecule has 5 nitrogen and oxygen atoms in total. The molecular formula is C30H38N2O3. The number of carbonyl (C=O) groups is 2. The lowest BCUT2D eigenvalue weighted by molar-refractivity contribution is -0.140. The highest BCUT2D eigenvalue weighted by Crippen LogP contribution is 2.24. The Balaban J connectivity index is 1.69. The maximum absolute atomic E-state index is 13.6. The molecule has 1 aromatic heterocycles. The monoisotopic (exact) mass is 474 g/mol. The summed E-state index contributed by atoms with van der Waals surface area (Å²) in [6.07, 6.45) is 13.1. The van der Waals surface area contributed by atoms with Gasteiger partial charge in [0.15, 0.2) is 0 Å². The first-order valence-corrected chi connectivity index (χ1v) is 13.0. The number of hydrogen-bond donors (Lipinski definition) is 0. The van der Waals surface area contributed by atoms with Gasteiger partial charge in [-0.15, -0.1) is 0 Å². The highest BCUT2D eigenvalue weighted by atomic mass is 16.7. The third-order valence-corrected chi connectivity index (χ3v) is 6.29. The smallest absolute Gasteiger partial charge is 0.331 e. The van der Waals surface area contributed by atoms with Crippen molar-refractivity contribution in [3.05, 3.63) is 71.9 Å². The molecule has 35 heavy (non-hydrogen) atoms. The molecule has 3 aromatic rings. The largest absolute Gasteiger partial charge is 0.342 e. The Morgan fingerprint density at radius 2 is 1.46 bits per heavy atom. The van der Waals surface area contributed by atoms with E-state index in [9.17, 15) is 9.59 Å². The minimum Gasteiger partial charge on any atom is -0.342 e. The van der Waals surface area contributed by atoms with Crippen molar-refractivity contribution in [3.8, 4) is 0 Å². The number of carbonyl (C=O) groups excluding carboxylic acids is 2. The first-order valence-electron chi connectivity index (χ1n) is 13.0. The molecule has 0 saturated carbocycles. The average Bonchev–Trinajstić information content (AvgIpc) is 3.23.